The minimum atomic E-state index is -5.04. The van der Waals surface area contributed by atoms with Gasteiger partial charge in [0.05, 0.1) is 103 Å². The van der Waals surface area contributed by atoms with Crippen LogP contribution in [0.5, 0.6) is 0 Å². The van der Waals surface area contributed by atoms with E-state index in [0.29, 0.717) is 86.0 Å². The van der Waals surface area contributed by atoms with E-state index in [1.54, 1.807) is 99.8 Å². The average Bonchev–Trinajstić information content (AvgIpc) is 1.79. The molecule has 26 nitrogen and oxygen atoms in total. The number of fused-ring (bicyclic) bond motifs is 4. The Kier molecular flexibility index (Phi) is 28.3. The normalized spacial score (nSPS) is 16.4. The summed E-state index contributed by atoms with van der Waals surface area (Å²) in [4.78, 5) is 124. The van der Waals surface area contributed by atoms with Crippen LogP contribution in [0.1, 0.15) is 248 Å². The number of rotatable bonds is 12. The fourth-order valence-electron chi connectivity index (χ4n) is 19.6. The van der Waals surface area contributed by atoms with Crippen molar-refractivity contribution in [1.29, 1.82) is 0 Å². The molecule has 6 aromatic heterocycles. The van der Waals surface area contributed by atoms with E-state index in [2.05, 4.69) is 50.8 Å². The second-order valence-corrected chi connectivity index (χ2v) is 35.5. The Bertz CT molecular complexity index is 6070. The first-order valence-electron chi connectivity index (χ1n) is 45.3. The number of alkyl halides is 12. The first kappa shape index (κ1) is 100. The molecule has 12 aromatic rings. The van der Waals surface area contributed by atoms with Crippen molar-refractivity contribution in [2.45, 2.75) is 152 Å². The number of hydrogen-bond donors (Lipinski definition) is 4. The Morgan fingerprint density at radius 3 is 0.757 bits per heavy atom. The van der Waals surface area contributed by atoms with Gasteiger partial charge in [-0.05, 0) is 170 Å². The van der Waals surface area contributed by atoms with Gasteiger partial charge in [-0.1, -0.05) is 66.7 Å². The van der Waals surface area contributed by atoms with Crippen LogP contribution < -0.4 is 0 Å². The molecule has 8 aliphatic rings. The molecule has 144 heavy (non-hydrogen) atoms. The van der Waals surface area contributed by atoms with Crippen molar-refractivity contribution in [2.24, 2.45) is 0 Å². The SMILES string of the molecule is O=C(c1ccccc1)N1Cc2[nH]nc(C(=O)N3CCC(c4ccc(F)c(F)c4C(F)(F)F)CC3)c2C1.O=C(c1ccccc1)N1Cc2[nH]nc(C(=O)N3CCC(c4ccc(F)c(F)c4C(F)(F)F)CC3)c2C1.O=C(c1ccccn1)N1Cc2[nH]nc(C(=O)N3CCC(c4ccc(F)c(F)c4C(F)(F)F)CC3)c2C1.O=C(c1cccnc1)N1Cc2[nH]nc(C(=O)N3CCC(c4ccc(F)c(F)c4C(F)(F)F)CC3)c2C1. The molecule has 0 radical (unpaired) electrons. The lowest BCUT2D eigenvalue weighted by atomic mass is 9.86. The van der Waals surface area contributed by atoms with Crippen molar-refractivity contribution < 1.29 is 126 Å². The Morgan fingerprint density at radius 2 is 0.514 bits per heavy atom. The van der Waals surface area contributed by atoms with Gasteiger partial charge in [0, 0.05) is 104 Å². The van der Waals surface area contributed by atoms with E-state index in [0.717, 1.165) is 24.3 Å². The lowest BCUT2D eigenvalue weighted by Gasteiger charge is -2.33. The lowest BCUT2D eigenvalue weighted by Crippen LogP contribution is -2.39. The van der Waals surface area contributed by atoms with Crippen molar-refractivity contribution in [1.82, 2.24) is 90.0 Å². The van der Waals surface area contributed by atoms with Gasteiger partial charge in [-0.25, -0.2) is 35.1 Å². The maximum atomic E-state index is 14.0. The topological polar surface area (TPSA) is 303 Å². The van der Waals surface area contributed by atoms with Gasteiger partial charge in [0.25, 0.3) is 47.3 Å². The highest BCUT2D eigenvalue weighted by molar-refractivity contribution is 6.00. The monoisotopic (exact) mass is 2020 g/mol. The maximum absolute atomic E-state index is 14.0. The predicted molar refractivity (Wildman–Crippen MR) is 467 cm³/mol. The number of carbonyl (C=O) groups is 8. The van der Waals surface area contributed by atoms with Crippen LogP contribution in [0.2, 0.25) is 0 Å². The number of nitrogens with one attached hydrogen (secondary N) is 4. The third-order valence-corrected chi connectivity index (χ3v) is 26.9. The van der Waals surface area contributed by atoms with Crippen LogP contribution in [0.15, 0.2) is 158 Å². The highest BCUT2D eigenvalue weighted by atomic mass is 19.4. The summed E-state index contributed by atoms with van der Waals surface area (Å²) < 4.78 is 271. The molecule has 46 heteroatoms. The van der Waals surface area contributed by atoms with Gasteiger partial charge >= 0.3 is 24.7 Å². The molecule has 8 aliphatic heterocycles. The summed E-state index contributed by atoms with van der Waals surface area (Å²) in [6, 6.07) is 32.5. The molecular formula is C98H82F20N18O8. The van der Waals surface area contributed by atoms with Crippen molar-refractivity contribution in [3.63, 3.8) is 0 Å². The number of likely N-dealkylation sites (tertiary alicyclic amines) is 4. The molecule has 0 bridgehead atoms. The number of carbonyl (C=O) groups excluding carboxylic acids is 8. The maximum Gasteiger partial charge on any atom is 0.419 e. The predicted octanol–water partition coefficient (Wildman–Crippen LogP) is 18.3. The van der Waals surface area contributed by atoms with Crippen molar-refractivity contribution in [2.75, 3.05) is 52.4 Å². The quantitative estimate of drug-likeness (QED) is 0.0827. The van der Waals surface area contributed by atoms with Crippen LogP contribution in [0.25, 0.3) is 0 Å². The van der Waals surface area contributed by atoms with Crippen LogP contribution in [-0.2, 0) is 77.1 Å². The summed E-state index contributed by atoms with van der Waals surface area (Å²) in [5.41, 5.74) is -0.118. The van der Waals surface area contributed by atoms with E-state index in [1.807, 2.05) is 12.1 Å². The van der Waals surface area contributed by atoms with Crippen LogP contribution in [0, 0.1) is 46.5 Å². The first-order valence-corrected chi connectivity index (χ1v) is 45.3. The Labute approximate surface area is 803 Å². The summed E-state index contributed by atoms with van der Waals surface area (Å²) >= 11 is 0. The molecule has 8 amide bonds. The summed E-state index contributed by atoms with van der Waals surface area (Å²) in [7, 11) is 0. The number of pyridine rings is 2. The van der Waals surface area contributed by atoms with Gasteiger partial charge in [0.2, 0.25) is 0 Å². The molecular weight excluding hydrogens is 1940 g/mol. The Balaban J connectivity index is 0.000000132. The van der Waals surface area contributed by atoms with Gasteiger partial charge in [-0.15, -0.1) is 0 Å². The highest BCUT2D eigenvalue weighted by Gasteiger charge is 2.48. The summed E-state index contributed by atoms with van der Waals surface area (Å²) in [6.45, 7) is 2.85. The molecule has 20 rings (SSSR count). The zero-order chi connectivity index (χ0) is 102. The van der Waals surface area contributed by atoms with Gasteiger partial charge in [0.15, 0.2) is 69.3 Å². The summed E-state index contributed by atoms with van der Waals surface area (Å²) in [6.07, 6.45) is -14.4. The number of aromatic amines is 4. The second kappa shape index (κ2) is 40.7. The van der Waals surface area contributed by atoms with Crippen LogP contribution in [0.4, 0.5) is 87.8 Å². The molecule has 0 aliphatic carbocycles. The van der Waals surface area contributed by atoms with Crippen molar-refractivity contribution in [3.05, 3.63) is 339 Å². The molecule has 4 saturated heterocycles. The fourth-order valence-corrected chi connectivity index (χ4v) is 19.6. The Hall–Kier alpha value is -15.2. The minimum Gasteiger partial charge on any atom is -0.337 e. The molecule has 4 N–H and O–H groups in total. The van der Waals surface area contributed by atoms with Crippen molar-refractivity contribution >= 4 is 47.3 Å². The number of aromatic nitrogens is 10. The van der Waals surface area contributed by atoms with Gasteiger partial charge in [-0.3, -0.25) is 68.7 Å². The van der Waals surface area contributed by atoms with E-state index < -0.39 is 129 Å². The third-order valence-electron chi connectivity index (χ3n) is 26.9. The molecule has 14 heterocycles. The van der Waals surface area contributed by atoms with Gasteiger partial charge < -0.3 is 39.2 Å². The number of hydrogen-bond acceptors (Lipinski definition) is 14. The standard InChI is InChI=1S/2C25H21F5N4O2.2C24H20F5N5O2/c2*26-18-7-6-16(20(21(18)27)25(28,29)30)14-8-10-33(11-9-14)24(36)22-17-12-34(13-19(17)31-32-22)23(35)15-4-2-1-3-5-15;25-17-4-3-15(19(20(17)26)24(27,28)29)13-5-8-33(9-6-13)23(36)21-16-11-34(12-18(16)31-32-21)22(35)14-2-1-7-30-10-14;25-16-5-4-14(19(20(16)26)24(27,28)29)13-6-9-33(10-7-13)23(36)21-15-11-34(12-18(15)31-32-21)22(35)17-3-1-2-8-30-17/h2*1-7,14H,8-13H2,(H,31,32);1-4,7,10,13H,5-6,8-9,11-12H2,(H,31,32);1-5,8,13H,6-7,9-12H2,(H,31,32). The molecule has 0 atom stereocenters. The number of H-pyrrole nitrogens is 4. The van der Waals surface area contributed by atoms with Crippen LogP contribution in [-0.4, -0.2) is 190 Å². The summed E-state index contributed by atoms with van der Waals surface area (Å²) in [5.74, 6) is -19.0. The number of piperidine rings is 4. The van der Waals surface area contributed by atoms with E-state index in [-0.39, 0.29) is 242 Å². The number of amides is 8. The lowest BCUT2D eigenvalue weighted by molar-refractivity contribution is -0.142. The molecule has 752 valence electrons. The molecule has 0 unspecified atom stereocenters. The second-order valence-electron chi connectivity index (χ2n) is 35.5. The first-order chi connectivity index (χ1) is 68.6. The van der Waals surface area contributed by atoms with Gasteiger partial charge in [-0.2, -0.15) is 73.1 Å². The van der Waals surface area contributed by atoms with E-state index in [4.69, 9.17) is 0 Å². The number of halogens is 20. The third kappa shape index (κ3) is 20.5. The number of benzene rings is 6. The van der Waals surface area contributed by atoms with E-state index >= 15 is 0 Å². The smallest absolute Gasteiger partial charge is 0.337 e. The van der Waals surface area contributed by atoms with Crippen LogP contribution >= 0.6 is 0 Å². The zero-order valence-corrected chi connectivity index (χ0v) is 75.4. The zero-order valence-electron chi connectivity index (χ0n) is 75.4. The molecule has 4 fully saturated rings. The Morgan fingerprint density at radius 1 is 0.264 bits per heavy atom. The van der Waals surface area contributed by atoms with Crippen molar-refractivity contribution in [3.8, 4) is 0 Å². The fraction of sp³-hybridized carbons (Fsp3) is 0.327. The highest BCUT2D eigenvalue weighted by Crippen LogP contribution is 2.48. The molecule has 0 saturated carbocycles. The van der Waals surface area contributed by atoms with E-state index in [1.165, 1.54) is 36.9 Å². The molecule has 6 aromatic carbocycles. The largest absolute Gasteiger partial charge is 0.419 e. The van der Waals surface area contributed by atoms with E-state index in [9.17, 15) is 126 Å². The van der Waals surface area contributed by atoms with Crippen LogP contribution in [0.3, 0.4) is 0 Å². The molecule has 0 spiro atoms. The minimum absolute atomic E-state index is 0.123. The number of nitrogens with zero attached hydrogens (tertiary/aromatic N) is 14. The average molecular weight is 2020 g/mol. The summed E-state index contributed by atoms with van der Waals surface area (Å²) in [5, 5.41) is 27.7. The van der Waals surface area contributed by atoms with Gasteiger partial charge in [0.1, 0.15) is 5.69 Å².